The van der Waals surface area contributed by atoms with Gasteiger partial charge in [0.25, 0.3) is 0 Å². The van der Waals surface area contributed by atoms with Crippen molar-refractivity contribution in [3.63, 3.8) is 0 Å². The lowest BCUT2D eigenvalue weighted by Gasteiger charge is -2.38. The Morgan fingerprint density at radius 3 is 2.39 bits per heavy atom. The second-order valence-electron chi connectivity index (χ2n) is 22.4. The van der Waals surface area contributed by atoms with Gasteiger partial charge in [-0.25, -0.2) is 0 Å². The first kappa shape index (κ1) is 51.4. The summed E-state index contributed by atoms with van der Waals surface area (Å²) < 4.78 is 6.50. The zero-order valence-corrected chi connectivity index (χ0v) is 43.1. The molecule has 76 heavy (non-hydrogen) atoms. The second kappa shape index (κ2) is 21.7. The molecule has 2 fully saturated rings. The molecule has 0 spiro atoms. The normalized spacial score (nSPS) is 24.1. The third kappa shape index (κ3) is 10.2. The summed E-state index contributed by atoms with van der Waals surface area (Å²) in [6.07, 6.45) is 16.2. The Morgan fingerprint density at radius 2 is 1.59 bits per heavy atom. The van der Waals surface area contributed by atoms with Gasteiger partial charge in [0.2, 0.25) is 0 Å². The molecule has 1 aliphatic heterocycles. The molecule has 6 aromatic rings. The van der Waals surface area contributed by atoms with Crippen molar-refractivity contribution < 1.29 is 45.0 Å². The number of ketones is 2. The van der Waals surface area contributed by atoms with Crippen LogP contribution in [0.5, 0.6) is 17.2 Å². The summed E-state index contributed by atoms with van der Waals surface area (Å²) >= 11 is 0. The number of phenols is 2. The van der Waals surface area contributed by atoms with Gasteiger partial charge in [0, 0.05) is 72.5 Å². The minimum Gasteiger partial charge on any atom is -0.507 e. The first-order valence-electron chi connectivity index (χ1n) is 27.6. The van der Waals surface area contributed by atoms with Crippen molar-refractivity contribution in [3.05, 3.63) is 176 Å². The van der Waals surface area contributed by atoms with Crippen LogP contribution in [0.3, 0.4) is 0 Å². The lowest BCUT2D eigenvalue weighted by molar-refractivity contribution is -0.135. The number of benzene rings is 4. The molecule has 5 aliphatic rings. The number of fused-ring (bicyclic) bond motifs is 8. The summed E-state index contributed by atoms with van der Waals surface area (Å²) in [5.41, 5.74) is 7.34. The minimum absolute atomic E-state index is 0.0594. The van der Waals surface area contributed by atoms with Crippen LogP contribution in [0.25, 0.3) is 12.2 Å². The third-order valence-corrected chi connectivity index (χ3v) is 17.7. The number of Topliss-reactive ketones (excluding diaryl/α,β-unsaturated/α-hetero) is 2. The molecular weight excluding hydrogens is 955 g/mol. The molecule has 4 aromatic carbocycles. The number of nitrogens with one attached hydrogen (secondary N) is 3. The molecule has 396 valence electrons. The Morgan fingerprint density at radius 1 is 0.789 bits per heavy atom. The average Bonchev–Trinajstić information content (AvgIpc) is 4.28. The van der Waals surface area contributed by atoms with Crippen LogP contribution >= 0.6 is 0 Å². The molecule has 3 heterocycles. The Labute approximate surface area is 444 Å². The quantitative estimate of drug-likeness (QED) is 0.0593. The van der Waals surface area contributed by atoms with Crippen LogP contribution in [-0.4, -0.2) is 83.1 Å². The molecule has 6 atom stereocenters. The Hall–Kier alpha value is -6.70. The number of aromatic nitrogens is 2. The van der Waals surface area contributed by atoms with Crippen LogP contribution in [0.4, 0.5) is 5.82 Å². The van der Waals surface area contributed by atoms with Crippen LogP contribution in [0.1, 0.15) is 150 Å². The molecule has 6 unspecified atom stereocenters. The SMILES string of the molecule is O=C1CCc2cc(OC3CCCC3)c(O)c(c2)C(O)c2ccc(C3(C(O)Cc4ccccc4)CCCC3)c(c2)Cc2cc[nH]c2NCC2=Cc3[nH]ccc3C(CC3(O)C=Cc4c(O)cccc4CC3)C2C(=O)C1CCO. The van der Waals surface area contributed by atoms with Crippen LogP contribution in [0.15, 0.2) is 115 Å². The maximum atomic E-state index is 15.7. The highest BCUT2D eigenvalue weighted by atomic mass is 16.5. The number of ether oxygens (including phenoxy) is 1. The van der Waals surface area contributed by atoms with Gasteiger partial charge in [0.15, 0.2) is 17.3 Å². The summed E-state index contributed by atoms with van der Waals surface area (Å²) in [6, 6.07) is 28.9. The van der Waals surface area contributed by atoms with Gasteiger partial charge in [-0.15, -0.1) is 0 Å². The van der Waals surface area contributed by atoms with E-state index in [-0.39, 0.29) is 72.7 Å². The van der Waals surface area contributed by atoms with E-state index in [1.165, 1.54) is 0 Å². The van der Waals surface area contributed by atoms with Gasteiger partial charge in [-0.1, -0.05) is 85.7 Å². The maximum Gasteiger partial charge on any atom is 0.163 e. The number of aliphatic hydroxyl groups is 4. The molecule has 11 rings (SSSR count). The molecule has 0 radical (unpaired) electrons. The Kier molecular flexibility index (Phi) is 14.7. The fourth-order valence-corrected chi connectivity index (χ4v) is 13.7. The van der Waals surface area contributed by atoms with E-state index in [4.69, 9.17) is 4.74 Å². The zero-order valence-electron chi connectivity index (χ0n) is 43.1. The number of H-pyrrole nitrogens is 2. The Bertz CT molecular complexity index is 3140. The molecule has 12 nitrogen and oxygen atoms in total. The largest absolute Gasteiger partial charge is 0.507 e. The van der Waals surface area contributed by atoms with Gasteiger partial charge >= 0.3 is 0 Å². The average molecular weight is 1030 g/mol. The van der Waals surface area contributed by atoms with Gasteiger partial charge < -0.3 is 50.7 Å². The molecular formula is C64H71N3O9. The zero-order chi connectivity index (χ0) is 52.6. The van der Waals surface area contributed by atoms with Crippen molar-refractivity contribution >= 4 is 29.5 Å². The molecule has 9 N–H and O–H groups in total. The standard InChI is InChI=1S/C64H71N3O9/c68-30-23-49-55(70)18-15-40-31-50(60(73)56(32-40)76-46-12-4-5-13-46)59(72)42-16-17-52(64(24-6-7-25-64)57(71)33-39-9-2-1-3-10-39)44(34-42)35-43-21-28-66-62(43)67-38-45-36-53-48(22-29-65-53)51(58(45)61(49)74)37-63(75)26-19-41-11-8-14-54(69)47(41)20-27-63/h1-3,8-11,14,16-17,20-22,27-29,31-32,34,36,46,49,51,57-59,65-69,71-73,75H,4-7,12-13,15,18-19,23-26,30,33,35,37-38H2. The summed E-state index contributed by atoms with van der Waals surface area (Å²) in [4.78, 5) is 37.4. The van der Waals surface area contributed by atoms with E-state index in [9.17, 15) is 35.4 Å². The van der Waals surface area contributed by atoms with Crippen molar-refractivity contribution in [2.45, 2.75) is 138 Å². The van der Waals surface area contributed by atoms with Crippen molar-refractivity contribution in [1.29, 1.82) is 0 Å². The lowest BCUT2D eigenvalue weighted by atomic mass is 9.67. The van der Waals surface area contributed by atoms with Gasteiger partial charge in [-0.3, -0.25) is 9.59 Å². The molecule has 2 saturated carbocycles. The topological polar surface area (TPSA) is 208 Å². The third-order valence-electron chi connectivity index (χ3n) is 17.7. The summed E-state index contributed by atoms with van der Waals surface area (Å²) in [5.74, 6) is -2.41. The van der Waals surface area contributed by atoms with E-state index in [1.807, 2.05) is 67.0 Å². The minimum atomic E-state index is -1.40. The van der Waals surface area contributed by atoms with Gasteiger partial charge in [0.05, 0.1) is 23.7 Å². The highest BCUT2D eigenvalue weighted by Gasteiger charge is 2.46. The summed E-state index contributed by atoms with van der Waals surface area (Å²) in [5, 5.41) is 74.8. The number of phenolic OH excluding ortho intramolecular Hbond substituents is 2. The van der Waals surface area contributed by atoms with E-state index in [1.54, 1.807) is 36.4 Å². The number of hydrogen-bond acceptors (Lipinski definition) is 10. The van der Waals surface area contributed by atoms with Crippen LogP contribution < -0.4 is 10.1 Å². The number of aromatic amines is 2. The fraction of sp³-hybridized carbons (Fsp3) is 0.406. The number of rotatable bonds is 10. The first-order chi connectivity index (χ1) is 36.9. The molecule has 0 amide bonds. The fourth-order valence-electron chi connectivity index (χ4n) is 13.7. The smallest absolute Gasteiger partial charge is 0.163 e. The number of carbonyl (C=O) groups is 2. The van der Waals surface area contributed by atoms with Crippen LogP contribution in [0.2, 0.25) is 0 Å². The highest BCUT2D eigenvalue weighted by molar-refractivity contribution is 6.05. The predicted octanol–water partition coefficient (Wildman–Crippen LogP) is 10.2. The van der Waals surface area contributed by atoms with Crippen molar-refractivity contribution in [2.24, 2.45) is 11.8 Å². The Balaban J connectivity index is 1.03. The summed E-state index contributed by atoms with van der Waals surface area (Å²) in [7, 11) is 0. The number of anilines is 1. The van der Waals surface area contributed by atoms with Crippen molar-refractivity contribution in [1.82, 2.24) is 9.97 Å². The molecule has 2 aromatic heterocycles. The maximum absolute atomic E-state index is 15.7. The second-order valence-corrected chi connectivity index (χ2v) is 22.4. The molecule has 12 heteroatoms. The number of aromatic hydroxyl groups is 2. The van der Waals surface area contributed by atoms with Gasteiger partial charge in [-0.2, -0.15) is 0 Å². The molecule has 4 bridgehead atoms. The summed E-state index contributed by atoms with van der Waals surface area (Å²) in [6.45, 7) is -0.195. The number of carbonyl (C=O) groups excluding carboxylic acids is 2. The van der Waals surface area contributed by atoms with E-state index in [2.05, 4.69) is 33.5 Å². The van der Waals surface area contributed by atoms with Crippen LogP contribution in [0, 0.1) is 11.8 Å². The van der Waals surface area contributed by atoms with Crippen molar-refractivity contribution in [2.75, 3.05) is 18.5 Å². The monoisotopic (exact) mass is 1030 g/mol. The van der Waals surface area contributed by atoms with Gasteiger partial charge in [-0.05, 0) is 164 Å². The molecule has 4 aliphatic carbocycles. The number of hydrogen-bond donors (Lipinski definition) is 9. The lowest BCUT2D eigenvalue weighted by Crippen LogP contribution is -2.40. The van der Waals surface area contributed by atoms with E-state index >= 15 is 4.79 Å². The predicted molar refractivity (Wildman–Crippen MR) is 293 cm³/mol. The van der Waals surface area contributed by atoms with Crippen molar-refractivity contribution in [3.8, 4) is 17.2 Å². The molecule has 0 saturated heterocycles. The number of aryl methyl sites for hydroxylation is 2. The van der Waals surface area contributed by atoms with E-state index in [0.717, 1.165) is 96.0 Å². The van der Waals surface area contributed by atoms with E-state index in [0.29, 0.717) is 48.2 Å². The van der Waals surface area contributed by atoms with E-state index < -0.39 is 47.6 Å². The number of aliphatic hydroxyl groups excluding tert-OH is 3. The van der Waals surface area contributed by atoms with Crippen LogP contribution in [-0.2, 0) is 40.7 Å². The first-order valence-corrected chi connectivity index (χ1v) is 27.6. The van der Waals surface area contributed by atoms with Gasteiger partial charge in [0.1, 0.15) is 23.5 Å². The highest BCUT2D eigenvalue weighted by Crippen LogP contribution is 2.50.